The number of nitrogens with two attached hydrogens (primary N) is 1. The molecule has 1 amide bonds. The number of anilines is 1. The SMILES string of the molecule is CN1CCN(Cc2ccc(-c3ccc(CO[C@H]4CCC[C@@H]4NC(=O)c4cc(C5=CCCCC5)cnc4N)cc3)cc2)CC1. The minimum absolute atomic E-state index is 0.0186. The number of amides is 1. The van der Waals surface area contributed by atoms with Gasteiger partial charge in [0, 0.05) is 38.9 Å². The van der Waals surface area contributed by atoms with Crippen molar-refractivity contribution in [2.45, 2.75) is 70.2 Å². The Morgan fingerprint density at radius 1 is 0.930 bits per heavy atom. The van der Waals surface area contributed by atoms with Gasteiger partial charge in [-0.3, -0.25) is 9.69 Å². The molecule has 43 heavy (non-hydrogen) atoms. The van der Waals surface area contributed by atoms with Crippen molar-refractivity contribution in [1.82, 2.24) is 20.1 Å². The summed E-state index contributed by atoms with van der Waals surface area (Å²) in [7, 11) is 2.20. The van der Waals surface area contributed by atoms with E-state index in [2.05, 4.69) is 81.8 Å². The number of piperazine rings is 1. The Kier molecular flexibility index (Phi) is 9.51. The number of rotatable bonds is 9. The number of nitrogen functional groups attached to an aromatic ring is 1. The summed E-state index contributed by atoms with van der Waals surface area (Å²) in [5.74, 6) is 0.112. The number of pyridine rings is 1. The lowest BCUT2D eigenvalue weighted by atomic mass is 9.94. The van der Waals surface area contributed by atoms with Crippen LogP contribution in [0, 0.1) is 0 Å². The molecule has 3 aliphatic rings. The quantitative estimate of drug-likeness (QED) is 0.328. The van der Waals surface area contributed by atoms with Crippen LogP contribution in [0.15, 0.2) is 66.9 Å². The first-order valence-electron chi connectivity index (χ1n) is 16.0. The van der Waals surface area contributed by atoms with Crippen molar-refractivity contribution < 1.29 is 9.53 Å². The first-order valence-corrected chi connectivity index (χ1v) is 16.0. The molecule has 2 aromatic carbocycles. The van der Waals surface area contributed by atoms with Gasteiger partial charge in [0.05, 0.1) is 24.3 Å². The maximum Gasteiger partial charge on any atom is 0.255 e. The number of aromatic nitrogens is 1. The van der Waals surface area contributed by atoms with Gasteiger partial charge in [0.2, 0.25) is 0 Å². The average molecular weight is 580 g/mol. The first kappa shape index (κ1) is 29.5. The van der Waals surface area contributed by atoms with Gasteiger partial charge in [0.25, 0.3) is 5.91 Å². The van der Waals surface area contributed by atoms with E-state index in [4.69, 9.17) is 10.5 Å². The van der Waals surface area contributed by atoms with Gasteiger partial charge >= 0.3 is 0 Å². The lowest BCUT2D eigenvalue weighted by Crippen LogP contribution is -2.43. The highest BCUT2D eigenvalue weighted by Crippen LogP contribution is 2.29. The summed E-state index contributed by atoms with van der Waals surface area (Å²) in [6.07, 6.45) is 11.4. The molecule has 2 aliphatic carbocycles. The van der Waals surface area contributed by atoms with Gasteiger partial charge in [-0.25, -0.2) is 4.98 Å². The molecular weight excluding hydrogens is 534 g/mol. The Bertz CT molecular complexity index is 1410. The highest BCUT2D eigenvalue weighted by atomic mass is 16.5. The minimum Gasteiger partial charge on any atom is -0.383 e. The molecular formula is C36H45N5O2. The van der Waals surface area contributed by atoms with E-state index in [-0.39, 0.29) is 23.9 Å². The molecule has 0 unspecified atom stereocenters. The van der Waals surface area contributed by atoms with Crippen molar-refractivity contribution >= 4 is 17.3 Å². The van der Waals surface area contributed by atoms with Crippen molar-refractivity contribution in [3.05, 3.63) is 89.1 Å². The molecule has 3 aromatic rings. The molecule has 7 nitrogen and oxygen atoms in total. The second-order valence-electron chi connectivity index (χ2n) is 12.5. The Morgan fingerprint density at radius 2 is 1.65 bits per heavy atom. The molecule has 2 heterocycles. The van der Waals surface area contributed by atoms with Crippen LogP contribution in [-0.4, -0.2) is 66.1 Å². The number of carbonyl (C=O) groups excluding carboxylic acids is 1. The molecule has 2 fully saturated rings. The Labute approximate surface area is 256 Å². The van der Waals surface area contributed by atoms with Gasteiger partial charge in [-0.1, -0.05) is 54.6 Å². The van der Waals surface area contributed by atoms with E-state index in [0.29, 0.717) is 12.2 Å². The molecule has 0 bridgehead atoms. The molecule has 226 valence electrons. The number of nitrogens with zero attached hydrogens (tertiary/aromatic N) is 3. The summed E-state index contributed by atoms with van der Waals surface area (Å²) in [5, 5.41) is 3.21. The summed E-state index contributed by atoms with van der Waals surface area (Å²) in [5.41, 5.74) is 13.8. The summed E-state index contributed by atoms with van der Waals surface area (Å²) >= 11 is 0. The third kappa shape index (κ3) is 7.53. The number of nitrogens with one attached hydrogen (secondary N) is 1. The molecule has 2 atom stereocenters. The van der Waals surface area contributed by atoms with Crippen LogP contribution in [-0.2, 0) is 17.9 Å². The molecule has 1 aliphatic heterocycles. The number of ether oxygens (including phenoxy) is 1. The van der Waals surface area contributed by atoms with Crippen LogP contribution in [0.1, 0.15) is 72.0 Å². The van der Waals surface area contributed by atoms with Gasteiger partial charge in [0.1, 0.15) is 5.82 Å². The van der Waals surface area contributed by atoms with E-state index in [9.17, 15) is 4.79 Å². The Hall–Kier alpha value is -3.52. The third-order valence-electron chi connectivity index (χ3n) is 9.30. The molecule has 6 rings (SSSR count). The van der Waals surface area contributed by atoms with Crippen LogP contribution in [0.25, 0.3) is 16.7 Å². The summed E-state index contributed by atoms with van der Waals surface area (Å²) in [6.45, 7) is 6.09. The minimum atomic E-state index is -0.164. The zero-order chi connectivity index (χ0) is 29.6. The topological polar surface area (TPSA) is 83.7 Å². The molecule has 0 radical (unpaired) electrons. The largest absolute Gasteiger partial charge is 0.383 e. The maximum absolute atomic E-state index is 13.3. The lowest BCUT2D eigenvalue weighted by molar-refractivity contribution is 0.0272. The van der Waals surface area contributed by atoms with Crippen LogP contribution in [0.3, 0.4) is 0 Å². The van der Waals surface area contributed by atoms with Crippen LogP contribution in [0.4, 0.5) is 5.82 Å². The fourth-order valence-corrected chi connectivity index (χ4v) is 6.53. The number of allylic oxidation sites excluding steroid dienone is 2. The number of carbonyl (C=O) groups is 1. The second kappa shape index (κ2) is 13.8. The number of hydrogen-bond donors (Lipinski definition) is 2. The zero-order valence-corrected chi connectivity index (χ0v) is 25.4. The van der Waals surface area contributed by atoms with Gasteiger partial charge in [-0.05, 0) is 91.5 Å². The van der Waals surface area contributed by atoms with Gasteiger partial charge in [0.15, 0.2) is 0 Å². The van der Waals surface area contributed by atoms with E-state index in [1.807, 2.05) is 6.07 Å². The highest BCUT2D eigenvalue weighted by molar-refractivity contribution is 5.99. The fraction of sp³-hybridized carbons (Fsp3) is 0.444. The smallest absolute Gasteiger partial charge is 0.255 e. The van der Waals surface area contributed by atoms with E-state index >= 15 is 0 Å². The van der Waals surface area contributed by atoms with E-state index < -0.39 is 0 Å². The van der Waals surface area contributed by atoms with E-state index in [1.54, 1.807) is 6.20 Å². The van der Waals surface area contributed by atoms with Crippen molar-refractivity contribution in [2.75, 3.05) is 39.0 Å². The van der Waals surface area contributed by atoms with Crippen LogP contribution < -0.4 is 11.1 Å². The predicted molar refractivity (Wildman–Crippen MR) is 173 cm³/mol. The monoisotopic (exact) mass is 579 g/mol. The van der Waals surface area contributed by atoms with Crippen molar-refractivity contribution in [2.24, 2.45) is 0 Å². The highest BCUT2D eigenvalue weighted by Gasteiger charge is 2.30. The molecule has 0 spiro atoms. The average Bonchev–Trinajstić information content (AvgIpc) is 3.49. The second-order valence-corrected chi connectivity index (χ2v) is 12.5. The summed E-state index contributed by atoms with van der Waals surface area (Å²) < 4.78 is 6.35. The zero-order valence-electron chi connectivity index (χ0n) is 25.4. The molecule has 1 aromatic heterocycles. The van der Waals surface area contributed by atoms with Crippen LogP contribution >= 0.6 is 0 Å². The summed E-state index contributed by atoms with van der Waals surface area (Å²) in [6, 6.07) is 19.5. The van der Waals surface area contributed by atoms with Gasteiger partial charge in [-0.2, -0.15) is 0 Å². The summed E-state index contributed by atoms with van der Waals surface area (Å²) in [4.78, 5) is 22.5. The van der Waals surface area contributed by atoms with Gasteiger partial charge < -0.3 is 20.7 Å². The van der Waals surface area contributed by atoms with E-state index in [0.717, 1.165) is 76.0 Å². The number of likely N-dealkylation sites (N-methyl/N-ethyl adjacent to an activating group) is 1. The van der Waals surface area contributed by atoms with Gasteiger partial charge in [-0.15, -0.1) is 0 Å². The Balaban J connectivity index is 1.01. The molecule has 3 N–H and O–H groups in total. The van der Waals surface area contributed by atoms with Crippen molar-refractivity contribution in [3.63, 3.8) is 0 Å². The first-order chi connectivity index (χ1) is 21.0. The standard InChI is InChI=1S/C36H45N5O2/c1-40-18-20-41(21-19-40)24-26-10-14-29(15-11-26)30-16-12-27(13-17-30)25-43-34-9-5-8-33(34)39-36(42)32-22-31(23-38-35(32)37)28-6-3-2-4-7-28/h6,10-17,22-23,33-34H,2-5,7-9,18-21,24-25H2,1H3,(H2,37,38)(H,39,42)/t33-,34-/m0/s1. The van der Waals surface area contributed by atoms with Crippen LogP contribution in [0.2, 0.25) is 0 Å². The third-order valence-corrected chi connectivity index (χ3v) is 9.30. The fourth-order valence-electron chi connectivity index (χ4n) is 6.53. The maximum atomic E-state index is 13.3. The predicted octanol–water partition coefficient (Wildman–Crippen LogP) is 5.90. The molecule has 1 saturated carbocycles. The van der Waals surface area contributed by atoms with Crippen LogP contribution in [0.5, 0.6) is 0 Å². The number of hydrogen-bond acceptors (Lipinski definition) is 6. The number of benzene rings is 2. The molecule has 7 heteroatoms. The normalized spacial score (nSPS) is 21.5. The Morgan fingerprint density at radius 3 is 2.35 bits per heavy atom. The van der Waals surface area contributed by atoms with E-state index in [1.165, 1.54) is 35.1 Å². The van der Waals surface area contributed by atoms with Crippen molar-refractivity contribution in [1.29, 1.82) is 0 Å². The molecule has 1 saturated heterocycles. The van der Waals surface area contributed by atoms with Crippen molar-refractivity contribution in [3.8, 4) is 11.1 Å². The lowest BCUT2D eigenvalue weighted by Gasteiger charge is -2.32.